The van der Waals surface area contributed by atoms with Crippen molar-refractivity contribution in [2.24, 2.45) is 0 Å². The van der Waals surface area contributed by atoms with E-state index in [9.17, 15) is 0 Å². The molecule has 0 saturated carbocycles. The van der Waals surface area contributed by atoms with Gasteiger partial charge in [0.25, 0.3) is 0 Å². The lowest BCUT2D eigenvalue weighted by molar-refractivity contribution is 0.181. The van der Waals surface area contributed by atoms with Crippen LogP contribution in [-0.2, 0) is 17.9 Å². The number of rotatable bonds is 10. The second kappa shape index (κ2) is 9.35. The van der Waals surface area contributed by atoms with Crippen LogP contribution in [0.5, 0.6) is 0 Å². The molecule has 21 heavy (non-hydrogen) atoms. The number of hydrogen-bond donors (Lipinski definition) is 1. The Kier molecular flexibility index (Phi) is 8.18. The maximum atomic E-state index is 5.27. The van der Waals surface area contributed by atoms with E-state index >= 15 is 0 Å². The van der Waals surface area contributed by atoms with Crippen molar-refractivity contribution in [3.05, 3.63) is 10.6 Å². The van der Waals surface area contributed by atoms with Crippen LogP contribution in [0.4, 0.5) is 5.13 Å². The number of methoxy groups -OCH3 is 1. The third-order valence-electron chi connectivity index (χ3n) is 3.14. The molecule has 0 bridgehead atoms. The minimum Gasteiger partial charge on any atom is -0.378 e. The van der Waals surface area contributed by atoms with Crippen molar-refractivity contribution in [3.8, 4) is 0 Å². The molecule has 0 amide bonds. The number of aromatic nitrogens is 1. The molecule has 1 heterocycles. The van der Waals surface area contributed by atoms with E-state index in [-0.39, 0.29) is 0 Å². The molecule has 0 spiro atoms. The molecule has 0 fully saturated rings. The van der Waals surface area contributed by atoms with E-state index in [1.807, 2.05) is 0 Å². The summed E-state index contributed by atoms with van der Waals surface area (Å²) in [5.74, 6) is 0. The van der Waals surface area contributed by atoms with Gasteiger partial charge in [0.05, 0.1) is 12.3 Å². The molecule has 6 heteroatoms. The average molecular weight is 314 g/mol. The Bertz CT molecular complexity index is 406. The van der Waals surface area contributed by atoms with Gasteiger partial charge in [0.15, 0.2) is 5.13 Å². The van der Waals surface area contributed by atoms with Crippen LogP contribution < -0.4 is 10.2 Å². The molecule has 0 aromatic carbocycles. The van der Waals surface area contributed by atoms with Crippen molar-refractivity contribution < 1.29 is 4.74 Å². The zero-order valence-electron chi connectivity index (χ0n) is 14.3. The number of ether oxygens (including phenoxy) is 1. The molecule has 0 atom stereocenters. The molecule has 0 radical (unpaired) electrons. The van der Waals surface area contributed by atoms with Crippen molar-refractivity contribution in [3.63, 3.8) is 0 Å². The molecule has 0 aliphatic rings. The van der Waals surface area contributed by atoms with Gasteiger partial charge in [0, 0.05) is 38.2 Å². The number of nitrogens with one attached hydrogen (secondary N) is 1. The summed E-state index contributed by atoms with van der Waals surface area (Å²) < 4.78 is 5.27. The highest BCUT2D eigenvalue weighted by Gasteiger charge is 2.14. The van der Waals surface area contributed by atoms with Crippen molar-refractivity contribution >= 4 is 16.5 Å². The first-order chi connectivity index (χ1) is 9.93. The number of nitrogens with zero attached hydrogens (tertiary/aromatic N) is 3. The Morgan fingerprint density at radius 2 is 1.95 bits per heavy atom. The molecule has 1 rings (SSSR count). The Morgan fingerprint density at radius 3 is 2.52 bits per heavy atom. The van der Waals surface area contributed by atoms with E-state index in [1.165, 1.54) is 4.88 Å². The molecular weight excluding hydrogens is 284 g/mol. The van der Waals surface area contributed by atoms with Gasteiger partial charge in [-0.15, -0.1) is 11.3 Å². The van der Waals surface area contributed by atoms with Gasteiger partial charge < -0.3 is 19.9 Å². The molecule has 122 valence electrons. The topological polar surface area (TPSA) is 40.6 Å². The van der Waals surface area contributed by atoms with Gasteiger partial charge in [0.2, 0.25) is 0 Å². The molecular formula is C15H30N4OS. The van der Waals surface area contributed by atoms with Gasteiger partial charge in [-0.05, 0) is 27.1 Å². The summed E-state index contributed by atoms with van der Waals surface area (Å²) in [5.41, 5.74) is 1.06. The standard InChI is InChI=1S/C15H30N4OS/c1-12(2)16-10-14-13(11-20-6)17-15(21-14)19(5)9-7-8-18(3)4/h12,16H,7-11H2,1-6H3. The van der Waals surface area contributed by atoms with Gasteiger partial charge >= 0.3 is 0 Å². The first-order valence-electron chi connectivity index (χ1n) is 7.50. The number of anilines is 1. The van der Waals surface area contributed by atoms with E-state index in [4.69, 9.17) is 9.72 Å². The Hall–Kier alpha value is -0.690. The van der Waals surface area contributed by atoms with Crippen LogP contribution in [0.15, 0.2) is 0 Å². The summed E-state index contributed by atoms with van der Waals surface area (Å²) in [5, 5.41) is 4.55. The summed E-state index contributed by atoms with van der Waals surface area (Å²) >= 11 is 1.77. The molecule has 0 aliphatic carbocycles. The van der Waals surface area contributed by atoms with Crippen LogP contribution >= 0.6 is 11.3 Å². The predicted molar refractivity (Wildman–Crippen MR) is 91.2 cm³/mol. The normalized spacial score (nSPS) is 11.6. The van der Waals surface area contributed by atoms with Gasteiger partial charge in [-0.2, -0.15) is 0 Å². The van der Waals surface area contributed by atoms with Crippen LogP contribution in [0, 0.1) is 0 Å². The second-order valence-electron chi connectivity index (χ2n) is 5.91. The minimum atomic E-state index is 0.476. The Balaban J connectivity index is 2.66. The molecule has 1 aromatic rings. The van der Waals surface area contributed by atoms with Gasteiger partial charge in [-0.1, -0.05) is 13.8 Å². The van der Waals surface area contributed by atoms with Crippen LogP contribution in [0.25, 0.3) is 0 Å². The monoisotopic (exact) mass is 314 g/mol. The van der Waals surface area contributed by atoms with Gasteiger partial charge in [-0.25, -0.2) is 4.98 Å². The molecule has 1 N–H and O–H groups in total. The first-order valence-corrected chi connectivity index (χ1v) is 8.32. The van der Waals surface area contributed by atoms with Crippen LogP contribution in [0.3, 0.4) is 0 Å². The number of hydrogen-bond acceptors (Lipinski definition) is 6. The lowest BCUT2D eigenvalue weighted by atomic mass is 10.3. The fourth-order valence-corrected chi connectivity index (χ4v) is 2.94. The summed E-state index contributed by atoms with van der Waals surface area (Å²) in [6, 6.07) is 0.476. The summed E-state index contributed by atoms with van der Waals surface area (Å²) in [7, 11) is 8.05. The zero-order chi connectivity index (χ0) is 15.8. The van der Waals surface area contributed by atoms with Crippen molar-refractivity contribution in [2.75, 3.05) is 46.2 Å². The van der Waals surface area contributed by atoms with E-state index < -0.39 is 0 Å². The highest BCUT2D eigenvalue weighted by Crippen LogP contribution is 2.26. The summed E-state index contributed by atoms with van der Waals surface area (Å²) in [6.07, 6.45) is 1.14. The minimum absolute atomic E-state index is 0.476. The fraction of sp³-hybridized carbons (Fsp3) is 0.800. The molecule has 0 aliphatic heterocycles. The van der Waals surface area contributed by atoms with Crippen molar-refractivity contribution in [2.45, 2.75) is 39.5 Å². The lowest BCUT2D eigenvalue weighted by Crippen LogP contribution is -2.23. The highest BCUT2D eigenvalue weighted by molar-refractivity contribution is 7.15. The summed E-state index contributed by atoms with van der Waals surface area (Å²) in [6.45, 7) is 7.88. The van der Waals surface area contributed by atoms with E-state index in [1.54, 1.807) is 18.4 Å². The van der Waals surface area contributed by atoms with E-state index in [0.717, 1.165) is 36.9 Å². The van der Waals surface area contributed by atoms with Crippen molar-refractivity contribution in [1.82, 2.24) is 15.2 Å². The molecule has 1 aromatic heterocycles. The molecule has 0 unspecified atom stereocenters. The van der Waals surface area contributed by atoms with Gasteiger partial charge in [0.1, 0.15) is 0 Å². The second-order valence-corrected chi connectivity index (χ2v) is 6.98. The lowest BCUT2D eigenvalue weighted by Gasteiger charge is -2.17. The quantitative estimate of drug-likeness (QED) is 0.717. The maximum absolute atomic E-state index is 5.27. The van der Waals surface area contributed by atoms with Gasteiger partial charge in [-0.3, -0.25) is 0 Å². The van der Waals surface area contributed by atoms with Crippen LogP contribution in [0.2, 0.25) is 0 Å². The van der Waals surface area contributed by atoms with E-state index in [2.05, 4.69) is 50.1 Å². The SMILES string of the molecule is COCc1nc(N(C)CCCN(C)C)sc1CNC(C)C. The van der Waals surface area contributed by atoms with E-state index in [0.29, 0.717) is 12.6 Å². The smallest absolute Gasteiger partial charge is 0.185 e. The third-order valence-corrected chi connectivity index (χ3v) is 4.36. The average Bonchev–Trinajstić information content (AvgIpc) is 2.79. The number of thiazole rings is 1. The third kappa shape index (κ3) is 6.74. The molecule has 5 nitrogen and oxygen atoms in total. The predicted octanol–water partition coefficient (Wildman–Crippen LogP) is 2.18. The zero-order valence-corrected chi connectivity index (χ0v) is 15.1. The first kappa shape index (κ1) is 18.4. The fourth-order valence-electron chi connectivity index (χ4n) is 1.94. The van der Waals surface area contributed by atoms with Crippen LogP contribution in [0.1, 0.15) is 30.8 Å². The van der Waals surface area contributed by atoms with Crippen molar-refractivity contribution in [1.29, 1.82) is 0 Å². The Labute approximate surface area is 133 Å². The Morgan fingerprint density at radius 1 is 1.24 bits per heavy atom. The largest absolute Gasteiger partial charge is 0.378 e. The highest BCUT2D eigenvalue weighted by atomic mass is 32.1. The summed E-state index contributed by atoms with van der Waals surface area (Å²) in [4.78, 5) is 10.5. The van der Waals surface area contributed by atoms with Crippen LogP contribution in [-0.4, -0.2) is 57.3 Å². The maximum Gasteiger partial charge on any atom is 0.185 e. The molecule has 0 saturated heterocycles.